The average Bonchev–Trinajstić information content (AvgIpc) is 3.48. The number of ketones is 1. The molecule has 1 aliphatic heterocycles. The van der Waals surface area contributed by atoms with Crippen molar-refractivity contribution in [1.82, 2.24) is 24.4 Å². The normalized spacial score (nSPS) is 13.1. The first-order valence-corrected chi connectivity index (χ1v) is 12.5. The van der Waals surface area contributed by atoms with Gasteiger partial charge in [-0.1, -0.05) is 43.9 Å². The van der Waals surface area contributed by atoms with Crippen LogP contribution in [0.1, 0.15) is 48.2 Å². The van der Waals surface area contributed by atoms with E-state index in [0.717, 1.165) is 17.1 Å². The van der Waals surface area contributed by atoms with E-state index in [1.807, 2.05) is 63.5 Å². The van der Waals surface area contributed by atoms with Crippen molar-refractivity contribution >= 4 is 33.8 Å². The molecule has 11 heteroatoms. The van der Waals surface area contributed by atoms with Crippen LogP contribution in [0.15, 0.2) is 33.4 Å². The molecule has 9 nitrogen and oxygen atoms in total. The van der Waals surface area contributed by atoms with E-state index >= 15 is 0 Å². The lowest BCUT2D eigenvalue weighted by Crippen LogP contribution is -2.30. The Morgan fingerprint density at radius 3 is 2.68 bits per heavy atom. The number of aryl methyl sites for hydroxylation is 1. The number of hydrogen-bond acceptors (Lipinski definition) is 9. The predicted molar refractivity (Wildman–Crippen MR) is 130 cm³/mol. The highest BCUT2D eigenvalue weighted by Crippen LogP contribution is 2.35. The first-order chi connectivity index (χ1) is 16.1. The molecule has 3 aromatic heterocycles. The molecule has 1 aromatic carbocycles. The Hall–Kier alpha value is -3.18. The third kappa shape index (κ3) is 3.88. The Morgan fingerprint density at radius 1 is 1.15 bits per heavy atom. The molecule has 0 bridgehead atoms. The molecular formula is C23H23N5O4S2. The third-order valence-corrected chi connectivity index (χ3v) is 7.59. The highest BCUT2D eigenvalue weighted by atomic mass is 32.2. The van der Waals surface area contributed by atoms with Crippen LogP contribution in [0.5, 0.6) is 11.5 Å². The van der Waals surface area contributed by atoms with Gasteiger partial charge in [-0.25, -0.2) is 0 Å². The molecule has 0 saturated heterocycles. The van der Waals surface area contributed by atoms with Crippen LogP contribution in [0.4, 0.5) is 0 Å². The van der Waals surface area contributed by atoms with Crippen molar-refractivity contribution in [2.75, 3.05) is 12.5 Å². The van der Waals surface area contributed by atoms with Gasteiger partial charge in [0.05, 0.1) is 5.75 Å². The van der Waals surface area contributed by atoms with Gasteiger partial charge < -0.3 is 14.0 Å². The molecule has 0 amide bonds. The average molecular weight is 498 g/mol. The number of carbonyl (C=O) groups is 1. The number of rotatable bonds is 5. The number of benzene rings is 1. The summed E-state index contributed by atoms with van der Waals surface area (Å²) in [6.07, 6.45) is 0. The van der Waals surface area contributed by atoms with Crippen molar-refractivity contribution in [2.24, 2.45) is 0 Å². The van der Waals surface area contributed by atoms with Gasteiger partial charge in [-0.3, -0.25) is 9.59 Å². The second-order valence-electron chi connectivity index (χ2n) is 9.04. The van der Waals surface area contributed by atoms with Crippen molar-refractivity contribution in [3.8, 4) is 17.2 Å². The molecule has 0 atom stereocenters. The van der Waals surface area contributed by atoms with Gasteiger partial charge in [-0.15, -0.1) is 15.3 Å². The van der Waals surface area contributed by atoms with Gasteiger partial charge in [0.25, 0.3) is 5.56 Å². The number of hydrogen-bond donors (Lipinski definition) is 0. The fraction of sp³-hybridized carbons (Fsp3) is 0.348. The lowest BCUT2D eigenvalue weighted by Gasteiger charge is -2.14. The Balaban J connectivity index is 1.37. The number of ether oxygens (including phenoxy) is 2. The van der Waals surface area contributed by atoms with E-state index in [4.69, 9.17) is 9.47 Å². The van der Waals surface area contributed by atoms with Gasteiger partial charge in [0, 0.05) is 34.1 Å². The van der Waals surface area contributed by atoms with Crippen molar-refractivity contribution < 1.29 is 14.3 Å². The second kappa shape index (κ2) is 8.24. The van der Waals surface area contributed by atoms with Crippen molar-refractivity contribution in [3.63, 3.8) is 0 Å². The first kappa shape index (κ1) is 22.6. The number of fused-ring (bicyclic) bond motifs is 2. The Bertz CT molecular complexity index is 1500. The van der Waals surface area contributed by atoms with Crippen LogP contribution in [0.2, 0.25) is 0 Å². The topological polar surface area (TPSA) is 101 Å². The van der Waals surface area contributed by atoms with E-state index < -0.39 is 5.41 Å². The van der Waals surface area contributed by atoms with Crippen molar-refractivity contribution in [3.05, 3.63) is 57.3 Å². The van der Waals surface area contributed by atoms with E-state index in [1.54, 1.807) is 0 Å². The van der Waals surface area contributed by atoms with Gasteiger partial charge in [0.15, 0.2) is 21.6 Å². The molecule has 4 heterocycles. The summed E-state index contributed by atoms with van der Waals surface area (Å²) < 4.78 is 14.8. The quantitative estimate of drug-likeness (QED) is 0.302. The summed E-state index contributed by atoms with van der Waals surface area (Å²) in [7, 11) is 0. The summed E-state index contributed by atoms with van der Waals surface area (Å²) in [6, 6.07) is 7.63. The standard InChI is InChI=1S/C23H23N5O4S2/c1-12-8-15(13(2)27(12)14-6-7-17-18(9-14)32-11-31-17)16(29)10-33-22-26-28-20(30)19(23(3,4)5)24-25-21(28)34-22/h6-9H,10-11H2,1-5H3. The molecule has 0 unspecified atom stereocenters. The molecule has 0 fully saturated rings. The minimum absolute atomic E-state index is 0.0156. The van der Waals surface area contributed by atoms with Crippen LogP contribution in [-0.4, -0.2) is 42.7 Å². The smallest absolute Gasteiger partial charge is 0.297 e. The Labute approximate surface area is 203 Å². The van der Waals surface area contributed by atoms with Gasteiger partial charge in [-0.05, 0) is 32.0 Å². The molecule has 0 N–H and O–H groups in total. The fourth-order valence-corrected chi connectivity index (χ4v) is 5.65. The van der Waals surface area contributed by atoms with Crippen LogP contribution in [0.3, 0.4) is 0 Å². The molecule has 0 radical (unpaired) electrons. The molecule has 4 aromatic rings. The van der Waals surface area contributed by atoms with Gasteiger partial charge >= 0.3 is 0 Å². The van der Waals surface area contributed by atoms with E-state index in [1.165, 1.54) is 27.6 Å². The zero-order valence-electron chi connectivity index (χ0n) is 19.4. The molecule has 34 heavy (non-hydrogen) atoms. The molecule has 5 rings (SSSR count). The molecule has 1 aliphatic rings. The summed E-state index contributed by atoms with van der Waals surface area (Å²) >= 11 is 2.54. The molecule has 176 valence electrons. The zero-order chi connectivity index (χ0) is 24.2. The lowest BCUT2D eigenvalue weighted by molar-refractivity contribution is 0.102. The summed E-state index contributed by atoms with van der Waals surface area (Å²) in [5, 5.41) is 12.6. The zero-order valence-corrected chi connectivity index (χ0v) is 21.0. The SMILES string of the molecule is Cc1cc(C(=O)CSc2nn3c(=O)c(C(C)(C)C)nnc3s2)c(C)n1-c1ccc2c(c1)OCO2. The molecule has 0 aliphatic carbocycles. The Kier molecular flexibility index (Phi) is 5.48. The predicted octanol–water partition coefficient (Wildman–Crippen LogP) is 3.95. The van der Waals surface area contributed by atoms with E-state index in [-0.39, 0.29) is 23.9 Å². The minimum atomic E-state index is -0.432. The highest BCUT2D eigenvalue weighted by Gasteiger charge is 2.24. The van der Waals surface area contributed by atoms with E-state index in [9.17, 15) is 9.59 Å². The monoisotopic (exact) mass is 497 g/mol. The van der Waals surface area contributed by atoms with Gasteiger partial charge in [0.1, 0.15) is 5.69 Å². The third-order valence-electron chi connectivity index (χ3n) is 5.55. The van der Waals surface area contributed by atoms with Crippen LogP contribution in [-0.2, 0) is 5.41 Å². The largest absolute Gasteiger partial charge is 0.454 e. The van der Waals surface area contributed by atoms with E-state index in [2.05, 4.69) is 15.3 Å². The van der Waals surface area contributed by atoms with Crippen molar-refractivity contribution in [2.45, 2.75) is 44.4 Å². The number of aromatic nitrogens is 5. The van der Waals surface area contributed by atoms with Crippen LogP contribution < -0.4 is 15.0 Å². The molecule has 0 spiro atoms. The second-order valence-corrected chi connectivity index (χ2v) is 11.2. The lowest BCUT2D eigenvalue weighted by atomic mass is 9.93. The number of thioether (sulfide) groups is 1. The van der Waals surface area contributed by atoms with E-state index in [0.29, 0.717) is 32.1 Å². The number of Topliss-reactive ketones (excluding diaryl/α,β-unsaturated/α-hetero) is 1. The van der Waals surface area contributed by atoms with Gasteiger partial charge in [-0.2, -0.15) is 4.52 Å². The van der Waals surface area contributed by atoms with Gasteiger partial charge in [0.2, 0.25) is 11.8 Å². The summed E-state index contributed by atoms with van der Waals surface area (Å²) in [6.45, 7) is 9.83. The van der Waals surface area contributed by atoms with Crippen LogP contribution in [0, 0.1) is 13.8 Å². The maximum absolute atomic E-state index is 13.1. The Morgan fingerprint density at radius 2 is 1.91 bits per heavy atom. The number of nitrogens with zero attached hydrogens (tertiary/aromatic N) is 5. The summed E-state index contributed by atoms with van der Waals surface area (Å²) in [5.74, 6) is 1.59. The fourth-order valence-electron chi connectivity index (χ4n) is 3.90. The summed E-state index contributed by atoms with van der Waals surface area (Å²) in [5.41, 5.74) is 3.00. The maximum Gasteiger partial charge on any atom is 0.297 e. The molecular weight excluding hydrogens is 474 g/mol. The highest BCUT2D eigenvalue weighted by molar-refractivity contribution is 8.01. The maximum atomic E-state index is 13.1. The summed E-state index contributed by atoms with van der Waals surface area (Å²) in [4.78, 5) is 26.3. The van der Waals surface area contributed by atoms with Crippen molar-refractivity contribution in [1.29, 1.82) is 0 Å². The van der Waals surface area contributed by atoms with Crippen LogP contribution >= 0.6 is 23.1 Å². The minimum Gasteiger partial charge on any atom is -0.454 e. The first-order valence-electron chi connectivity index (χ1n) is 10.7. The number of carbonyl (C=O) groups excluding carboxylic acids is 1. The molecule has 0 saturated carbocycles. The van der Waals surface area contributed by atoms with Crippen LogP contribution in [0.25, 0.3) is 10.6 Å².